The summed E-state index contributed by atoms with van der Waals surface area (Å²) in [5.74, 6) is -0.232. The molecule has 0 N–H and O–H groups in total. The highest BCUT2D eigenvalue weighted by molar-refractivity contribution is 9.10. The molecule has 0 bridgehead atoms. The first-order valence-electron chi connectivity index (χ1n) is 6.88. The summed E-state index contributed by atoms with van der Waals surface area (Å²) in [4.78, 5) is 17.4. The Morgan fingerprint density at radius 1 is 1.18 bits per heavy atom. The van der Waals surface area contributed by atoms with E-state index in [1.54, 1.807) is 6.07 Å². The zero-order chi connectivity index (χ0) is 15.9. The van der Waals surface area contributed by atoms with Crippen molar-refractivity contribution in [3.05, 3.63) is 62.4 Å². The van der Waals surface area contributed by atoms with Gasteiger partial charge in [0.05, 0.1) is 15.8 Å². The van der Waals surface area contributed by atoms with Gasteiger partial charge >= 0.3 is 0 Å². The first-order chi connectivity index (χ1) is 10.5. The number of rotatable bonds is 1. The van der Waals surface area contributed by atoms with Crippen LogP contribution in [-0.2, 0) is 7.05 Å². The second kappa shape index (κ2) is 5.82. The van der Waals surface area contributed by atoms with E-state index in [0.717, 1.165) is 14.7 Å². The second-order valence-corrected chi connectivity index (χ2v) is 7.06. The maximum Gasteiger partial charge on any atom is 0.280 e. The SMILES string of the molecule is Cc1ccc2sc(=NC(=O)c3ccccc3Br)n(C)c2c1C. The lowest BCUT2D eigenvalue weighted by Crippen LogP contribution is -2.14. The number of aryl methyl sites for hydroxylation is 3. The molecule has 0 spiro atoms. The van der Waals surface area contributed by atoms with Crippen molar-refractivity contribution in [2.24, 2.45) is 12.0 Å². The maximum absolute atomic E-state index is 12.4. The fourth-order valence-electron chi connectivity index (χ4n) is 2.42. The molecule has 3 aromatic rings. The third-order valence-electron chi connectivity index (χ3n) is 3.79. The van der Waals surface area contributed by atoms with Crippen LogP contribution < -0.4 is 4.80 Å². The largest absolute Gasteiger partial charge is 0.319 e. The summed E-state index contributed by atoms with van der Waals surface area (Å²) in [5.41, 5.74) is 4.19. The molecule has 3 rings (SSSR count). The van der Waals surface area contributed by atoms with Gasteiger partial charge in [-0.05, 0) is 59.1 Å². The first kappa shape index (κ1) is 15.2. The van der Waals surface area contributed by atoms with E-state index in [1.807, 2.05) is 29.8 Å². The highest BCUT2D eigenvalue weighted by Gasteiger charge is 2.11. The second-order valence-electron chi connectivity index (χ2n) is 5.19. The van der Waals surface area contributed by atoms with E-state index in [4.69, 9.17) is 0 Å². The lowest BCUT2D eigenvalue weighted by molar-refractivity contribution is 0.0997. The molecule has 1 amide bonds. The van der Waals surface area contributed by atoms with Crippen molar-refractivity contribution in [3.63, 3.8) is 0 Å². The highest BCUT2D eigenvalue weighted by Crippen LogP contribution is 2.23. The molecule has 5 heteroatoms. The van der Waals surface area contributed by atoms with Crippen LogP contribution in [0.4, 0.5) is 0 Å². The third-order valence-corrected chi connectivity index (χ3v) is 5.58. The number of fused-ring (bicyclic) bond motifs is 1. The molecule has 22 heavy (non-hydrogen) atoms. The molecule has 0 fully saturated rings. The Morgan fingerprint density at radius 3 is 2.64 bits per heavy atom. The van der Waals surface area contributed by atoms with E-state index < -0.39 is 0 Å². The van der Waals surface area contributed by atoms with Crippen molar-refractivity contribution in [1.82, 2.24) is 4.57 Å². The number of benzene rings is 2. The monoisotopic (exact) mass is 374 g/mol. The van der Waals surface area contributed by atoms with Gasteiger partial charge in [0, 0.05) is 11.5 Å². The fourth-order valence-corrected chi connectivity index (χ4v) is 3.95. The number of amides is 1. The van der Waals surface area contributed by atoms with Crippen LogP contribution >= 0.6 is 27.3 Å². The maximum atomic E-state index is 12.4. The van der Waals surface area contributed by atoms with Gasteiger partial charge in [0.2, 0.25) is 0 Å². The van der Waals surface area contributed by atoms with Gasteiger partial charge in [0.25, 0.3) is 5.91 Å². The molecule has 1 heterocycles. The Labute approximate surface area is 141 Å². The van der Waals surface area contributed by atoms with Crippen LogP contribution in [0.25, 0.3) is 10.2 Å². The van der Waals surface area contributed by atoms with Gasteiger partial charge in [-0.15, -0.1) is 0 Å². The average molecular weight is 375 g/mol. The first-order valence-corrected chi connectivity index (χ1v) is 8.49. The Hall–Kier alpha value is -1.72. The van der Waals surface area contributed by atoms with Crippen molar-refractivity contribution >= 4 is 43.4 Å². The van der Waals surface area contributed by atoms with Crippen LogP contribution in [0.1, 0.15) is 21.5 Å². The molecule has 2 aromatic carbocycles. The van der Waals surface area contributed by atoms with Crippen molar-refractivity contribution in [2.45, 2.75) is 13.8 Å². The van der Waals surface area contributed by atoms with Crippen molar-refractivity contribution in [3.8, 4) is 0 Å². The van der Waals surface area contributed by atoms with E-state index in [2.05, 4.69) is 46.9 Å². The van der Waals surface area contributed by atoms with Gasteiger partial charge < -0.3 is 4.57 Å². The Bertz CT molecular complexity index is 953. The zero-order valence-electron chi connectivity index (χ0n) is 12.6. The number of aromatic nitrogens is 1. The molecule has 0 radical (unpaired) electrons. The number of carbonyl (C=O) groups excluding carboxylic acids is 1. The minimum atomic E-state index is -0.232. The predicted molar refractivity (Wildman–Crippen MR) is 94.3 cm³/mol. The molecule has 0 saturated carbocycles. The standard InChI is InChI=1S/C17H15BrN2OS/c1-10-8-9-14-15(11(10)2)20(3)17(22-14)19-16(21)12-6-4-5-7-13(12)18/h4-9H,1-3H3. The zero-order valence-corrected chi connectivity index (χ0v) is 15.0. The number of hydrogen-bond donors (Lipinski definition) is 0. The Kier molecular flexibility index (Phi) is 4.02. The summed E-state index contributed by atoms with van der Waals surface area (Å²) in [7, 11) is 1.96. The highest BCUT2D eigenvalue weighted by atomic mass is 79.9. The number of hydrogen-bond acceptors (Lipinski definition) is 2. The Morgan fingerprint density at radius 2 is 1.91 bits per heavy atom. The predicted octanol–water partition coefficient (Wildman–Crippen LogP) is 4.36. The lowest BCUT2D eigenvalue weighted by atomic mass is 10.1. The van der Waals surface area contributed by atoms with Gasteiger partial charge in [-0.3, -0.25) is 4.79 Å². The van der Waals surface area contributed by atoms with E-state index in [-0.39, 0.29) is 5.91 Å². The number of carbonyl (C=O) groups is 1. The summed E-state index contributed by atoms with van der Waals surface area (Å²) in [6.45, 7) is 4.19. The van der Waals surface area contributed by atoms with E-state index >= 15 is 0 Å². The molecule has 0 unspecified atom stereocenters. The molecule has 1 aromatic heterocycles. The summed E-state index contributed by atoms with van der Waals surface area (Å²) in [6, 6.07) is 11.5. The molecule has 0 aliphatic rings. The van der Waals surface area contributed by atoms with Gasteiger partial charge in [-0.2, -0.15) is 4.99 Å². The summed E-state index contributed by atoms with van der Waals surface area (Å²) < 4.78 is 3.90. The summed E-state index contributed by atoms with van der Waals surface area (Å²) in [5, 5.41) is 0. The van der Waals surface area contributed by atoms with Crippen LogP contribution in [0.3, 0.4) is 0 Å². The smallest absolute Gasteiger partial charge is 0.280 e. The average Bonchev–Trinajstić information content (AvgIpc) is 2.80. The number of thiazole rings is 1. The number of nitrogens with zero attached hydrogens (tertiary/aromatic N) is 2. The minimum Gasteiger partial charge on any atom is -0.319 e. The molecular formula is C17H15BrN2OS. The van der Waals surface area contributed by atoms with Crippen LogP contribution in [0, 0.1) is 13.8 Å². The normalized spacial score (nSPS) is 12.1. The Balaban J connectivity index is 2.19. The molecule has 0 saturated heterocycles. The van der Waals surface area contributed by atoms with Crippen LogP contribution in [0.15, 0.2) is 45.9 Å². The summed E-state index contributed by atoms with van der Waals surface area (Å²) >= 11 is 4.94. The van der Waals surface area contributed by atoms with Crippen LogP contribution in [0.5, 0.6) is 0 Å². The van der Waals surface area contributed by atoms with Gasteiger partial charge in [0.15, 0.2) is 4.80 Å². The van der Waals surface area contributed by atoms with Crippen molar-refractivity contribution < 1.29 is 4.79 Å². The van der Waals surface area contributed by atoms with Crippen LogP contribution in [0.2, 0.25) is 0 Å². The topological polar surface area (TPSA) is 34.4 Å². The van der Waals surface area contributed by atoms with E-state index in [1.165, 1.54) is 22.5 Å². The van der Waals surface area contributed by atoms with E-state index in [0.29, 0.717) is 10.4 Å². The third kappa shape index (κ3) is 2.55. The molecular weight excluding hydrogens is 360 g/mol. The molecule has 0 atom stereocenters. The molecule has 3 nitrogen and oxygen atoms in total. The van der Waals surface area contributed by atoms with Gasteiger partial charge in [0.1, 0.15) is 0 Å². The van der Waals surface area contributed by atoms with Crippen molar-refractivity contribution in [2.75, 3.05) is 0 Å². The molecule has 0 aliphatic heterocycles. The number of halogens is 1. The minimum absolute atomic E-state index is 0.232. The summed E-state index contributed by atoms with van der Waals surface area (Å²) in [6.07, 6.45) is 0. The fraction of sp³-hybridized carbons (Fsp3) is 0.176. The van der Waals surface area contributed by atoms with E-state index in [9.17, 15) is 4.79 Å². The molecule has 112 valence electrons. The van der Waals surface area contributed by atoms with Crippen molar-refractivity contribution in [1.29, 1.82) is 0 Å². The van der Waals surface area contributed by atoms with Crippen LogP contribution in [-0.4, -0.2) is 10.5 Å². The molecule has 0 aliphatic carbocycles. The lowest BCUT2D eigenvalue weighted by Gasteiger charge is -2.03. The quantitative estimate of drug-likeness (QED) is 0.622. The van der Waals surface area contributed by atoms with Gasteiger partial charge in [-0.1, -0.05) is 29.5 Å². The van der Waals surface area contributed by atoms with Gasteiger partial charge in [-0.25, -0.2) is 0 Å².